The second-order valence-electron chi connectivity index (χ2n) is 8.32. The minimum atomic E-state index is -0.454. The van der Waals surface area contributed by atoms with Gasteiger partial charge in [-0.25, -0.2) is 4.79 Å². The SMILES string of the molecule is CC1(C)C[C@H]2C[C@@](C)(CN2C(=O)COC(=O)c2ccc(Br)cc2)C1. The number of hydrogen-bond acceptors (Lipinski definition) is 3. The van der Waals surface area contributed by atoms with Crippen LogP contribution in [0, 0.1) is 10.8 Å². The number of amides is 1. The second kappa shape index (κ2) is 6.17. The van der Waals surface area contributed by atoms with Crippen LogP contribution in [0.1, 0.15) is 50.4 Å². The van der Waals surface area contributed by atoms with E-state index < -0.39 is 5.97 Å². The van der Waals surface area contributed by atoms with Gasteiger partial charge in [-0.3, -0.25) is 4.79 Å². The number of nitrogens with zero attached hydrogens (tertiary/aromatic N) is 1. The highest BCUT2D eigenvalue weighted by Crippen LogP contribution is 2.52. The largest absolute Gasteiger partial charge is 0.452 e. The van der Waals surface area contributed by atoms with Gasteiger partial charge in [0, 0.05) is 17.1 Å². The minimum absolute atomic E-state index is 0.0770. The predicted octanol–water partition coefficient (Wildman–Crippen LogP) is 4.03. The molecule has 2 aliphatic rings. The summed E-state index contributed by atoms with van der Waals surface area (Å²) in [6.45, 7) is 7.41. The van der Waals surface area contributed by atoms with Gasteiger partial charge >= 0.3 is 5.97 Å². The third-order valence-corrected chi connectivity index (χ3v) is 5.67. The number of fused-ring (bicyclic) bond motifs is 2. The Morgan fingerprint density at radius 1 is 1.21 bits per heavy atom. The minimum Gasteiger partial charge on any atom is -0.452 e. The number of carbonyl (C=O) groups is 2. The van der Waals surface area contributed by atoms with Gasteiger partial charge < -0.3 is 9.64 Å². The molecule has 4 nitrogen and oxygen atoms in total. The van der Waals surface area contributed by atoms with Gasteiger partial charge in [-0.1, -0.05) is 36.7 Å². The Morgan fingerprint density at radius 2 is 1.88 bits per heavy atom. The summed E-state index contributed by atoms with van der Waals surface area (Å²) in [5.74, 6) is -0.531. The number of rotatable bonds is 3. The summed E-state index contributed by atoms with van der Waals surface area (Å²) in [6.07, 6.45) is 3.22. The molecular weight excluding hydrogens is 370 g/mol. The molecule has 24 heavy (non-hydrogen) atoms. The van der Waals surface area contributed by atoms with Crippen LogP contribution in [0.15, 0.2) is 28.7 Å². The Hall–Kier alpha value is -1.36. The zero-order chi connectivity index (χ0) is 17.5. The lowest BCUT2D eigenvalue weighted by atomic mass is 9.65. The van der Waals surface area contributed by atoms with Gasteiger partial charge in [-0.15, -0.1) is 0 Å². The monoisotopic (exact) mass is 393 g/mol. The number of carbonyl (C=O) groups excluding carboxylic acids is 2. The third kappa shape index (κ3) is 3.66. The van der Waals surface area contributed by atoms with Gasteiger partial charge in [0.1, 0.15) is 0 Å². The fraction of sp³-hybridized carbons (Fsp3) is 0.579. The van der Waals surface area contributed by atoms with E-state index in [1.165, 1.54) is 0 Å². The van der Waals surface area contributed by atoms with E-state index in [2.05, 4.69) is 36.7 Å². The molecule has 0 spiro atoms. The number of esters is 1. The molecule has 1 saturated heterocycles. The van der Waals surface area contributed by atoms with Crippen molar-refractivity contribution in [2.45, 2.75) is 46.1 Å². The lowest BCUT2D eigenvalue weighted by molar-refractivity contribution is -0.135. The van der Waals surface area contributed by atoms with E-state index in [-0.39, 0.29) is 29.4 Å². The maximum atomic E-state index is 12.6. The first-order valence-corrected chi connectivity index (χ1v) is 9.19. The zero-order valence-corrected chi connectivity index (χ0v) is 16.1. The summed E-state index contributed by atoms with van der Waals surface area (Å²) in [7, 11) is 0. The van der Waals surface area contributed by atoms with Crippen LogP contribution in [0.2, 0.25) is 0 Å². The number of ether oxygens (including phenoxy) is 1. The van der Waals surface area contributed by atoms with Crippen molar-refractivity contribution in [2.75, 3.05) is 13.2 Å². The molecule has 0 radical (unpaired) electrons. The van der Waals surface area contributed by atoms with Gasteiger partial charge in [-0.05, 0) is 54.4 Å². The Labute approximate surface area is 151 Å². The standard InChI is InChI=1S/C19H24BrNO3/c1-18(2)8-15-9-19(3,11-18)12-21(15)16(22)10-24-17(23)13-4-6-14(20)7-5-13/h4-7,15H,8-12H2,1-3H3/t15-,19+/m0/s1. The molecule has 3 rings (SSSR count). The van der Waals surface area contributed by atoms with Crippen LogP contribution in [-0.4, -0.2) is 36.0 Å². The Balaban J connectivity index is 1.60. The summed E-state index contributed by atoms with van der Waals surface area (Å²) in [4.78, 5) is 26.6. The molecule has 1 aromatic rings. The van der Waals surface area contributed by atoms with Gasteiger partial charge in [0.2, 0.25) is 0 Å². The molecule has 0 N–H and O–H groups in total. The quantitative estimate of drug-likeness (QED) is 0.728. The van der Waals surface area contributed by atoms with Crippen LogP contribution in [-0.2, 0) is 9.53 Å². The molecular formula is C19H24BrNO3. The van der Waals surface area contributed by atoms with Crippen LogP contribution in [0.25, 0.3) is 0 Å². The summed E-state index contributed by atoms with van der Waals surface area (Å²) in [6, 6.07) is 7.21. The lowest BCUT2D eigenvalue weighted by Gasteiger charge is -2.39. The van der Waals surface area contributed by atoms with E-state index in [0.29, 0.717) is 5.56 Å². The fourth-order valence-electron chi connectivity index (χ4n) is 4.63. The summed E-state index contributed by atoms with van der Waals surface area (Å²) in [5.41, 5.74) is 0.915. The van der Waals surface area contributed by atoms with Crippen molar-refractivity contribution < 1.29 is 14.3 Å². The van der Waals surface area contributed by atoms with E-state index in [0.717, 1.165) is 30.3 Å². The number of likely N-dealkylation sites (tertiary alicyclic amines) is 1. The molecule has 2 atom stereocenters. The van der Waals surface area contributed by atoms with Crippen molar-refractivity contribution in [1.29, 1.82) is 0 Å². The van der Waals surface area contributed by atoms with Crippen LogP contribution in [0.5, 0.6) is 0 Å². The zero-order valence-electron chi connectivity index (χ0n) is 14.5. The van der Waals surface area contributed by atoms with Gasteiger partial charge in [0.25, 0.3) is 5.91 Å². The summed E-state index contributed by atoms with van der Waals surface area (Å²) >= 11 is 3.33. The van der Waals surface area contributed by atoms with Crippen molar-refractivity contribution in [3.8, 4) is 0 Å². The maximum absolute atomic E-state index is 12.6. The van der Waals surface area contributed by atoms with Crippen molar-refractivity contribution >= 4 is 27.8 Å². The van der Waals surface area contributed by atoms with E-state index in [4.69, 9.17) is 4.74 Å². The van der Waals surface area contributed by atoms with Crippen LogP contribution < -0.4 is 0 Å². The van der Waals surface area contributed by atoms with Crippen LogP contribution in [0.4, 0.5) is 0 Å². The summed E-state index contributed by atoms with van der Waals surface area (Å²) in [5, 5.41) is 0. The molecule has 2 bridgehead atoms. The Bertz CT molecular complexity index is 655. The average molecular weight is 394 g/mol. The molecule has 1 amide bonds. The van der Waals surface area contributed by atoms with E-state index in [1.54, 1.807) is 24.3 Å². The number of hydrogen-bond donors (Lipinski definition) is 0. The number of benzene rings is 1. The highest BCUT2D eigenvalue weighted by atomic mass is 79.9. The molecule has 0 aromatic heterocycles. The van der Waals surface area contributed by atoms with Crippen molar-refractivity contribution in [3.05, 3.63) is 34.3 Å². The van der Waals surface area contributed by atoms with Crippen molar-refractivity contribution in [1.82, 2.24) is 4.90 Å². The number of halogens is 1. The molecule has 5 heteroatoms. The smallest absolute Gasteiger partial charge is 0.338 e. The van der Waals surface area contributed by atoms with Gasteiger partial charge in [-0.2, -0.15) is 0 Å². The maximum Gasteiger partial charge on any atom is 0.338 e. The molecule has 130 valence electrons. The Morgan fingerprint density at radius 3 is 2.54 bits per heavy atom. The molecule has 0 unspecified atom stereocenters. The molecule has 1 aliphatic carbocycles. The van der Waals surface area contributed by atoms with E-state index in [1.807, 2.05) is 4.90 Å². The first-order valence-electron chi connectivity index (χ1n) is 8.40. The van der Waals surface area contributed by atoms with Gasteiger partial charge in [0.15, 0.2) is 6.61 Å². The van der Waals surface area contributed by atoms with Crippen molar-refractivity contribution in [3.63, 3.8) is 0 Å². The third-order valence-electron chi connectivity index (χ3n) is 5.14. The highest BCUT2D eigenvalue weighted by Gasteiger charge is 2.50. The first-order chi connectivity index (χ1) is 11.2. The molecule has 1 aromatic carbocycles. The Kier molecular flexibility index (Phi) is 4.49. The van der Waals surface area contributed by atoms with Crippen molar-refractivity contribution in [2.24, 2.45) is 10.8 Å². The second-order valence-corrected chi connectivity index (χ2v) is 9.23. The topological polar surface area (TPSA) is 46.6 Å². The van der Waals surface area contributed by atoms with Crippen LogP contribution in [0.3, 0.4) is 0 Å². The summed E-state index contributed by atoms with van der Waals surface area (Å²) < 4.78 is 6.13. The molecule has 2 fully saturated rings. The van der Waals surface area contributed by atoms with Gasteiger partial charge in [0.05, 0.1) is 5.56 Å². The highest BCUT2D eigenvalue weighted by molar-refractivity contribution is 9.10. The first kappa shape index (κ1) is 17.5. The average Bonchev–Trinajstić information content (AvgIpc) is 2.74. The van der Waals surface area contributed by atoms with Crippen LogP contribution >= 0.6 is 15.9 Å². The predicted molar refractivity (Wildman–Crippen MR) is 95.7 cm³/mol. The van der Waals surface area contributed by atoms with E-state index >= 15 is 0 Å². The molecule has 1 heterocycles. The normalized spacial score (nSPS) is 27.8. The molecule has 1 saturated carbocycles. The lowest BCUT2D eigenvalue weighted by Crippen LogP contribution is -2.39. The fourth-order valence-corrected chi connectivity index (χ4v) is 4.90. The molecule has 1 aliphatic heterocycles. The van der Waals surface area contributed by atoms with E-state index in [9.17, 15) is 9.59 Å².